The molecule has 0 atom stereocenters. The number of tetrazole rings is 1. The number of alkyl halides is 3. The van der Waals surface area contributed by atoms with Gasteiger partial charge in [-0.2, -0.15) is 17.9 Å². The number of anilines is 2. The fourth-order valence-electron chi connectivity index (χ4n) is 3.43. The number of benzene rings is 2. The molecule has 0 aliphatic carbocycles. The van der Waals surface area contributed by atoms with E-state index in [1.807, 2.05) is 36.1 Å². The van der Waals surface area contributed by atoms with Crippen molar-refractivity contribution >= 4 is 29.0 Å². The van der Waals surface area contributed by atoms with Crippen LogP contribution in [0.15, 0.2) is 47.6 Å². The summed E-state index contributed by atoms with van der Waals surface area (Å²) < 4.78 is 46.7. The largest absolute Gasteiger partial charge is 0.416 e. The molecule has 1 fully saturated rings. The summed E-state index contributed by atoms with van der Waals surface area (Å²) >= 11 is 1.09. The molecule has 12 heteroatoms. The predicted octanol–water partition coefficient (Wildman–Crippen LogP) is 3.56. The predicted molar refractivity (Wildman–Crippen MR) is 118 cm³/mol. The fourth-order valence-corrected chi connectivity index (χ4v) is 4.11. The summed E-state index contributed by atoms with van der Waals surface area (Å²) in [6.45, 7) is 3.89. The lowest BCUT2D eigenvalue weighted by molar-refractivity contribution is -0.137. The van der Waals surface area contributed by atoms with Crippen molar-refractivity contribution < 1.29 is 22.7 Å². The van der Waals surface area contributed by atoms with Gasteiger partial charge in [-0.15, -0.1) is 5.10 Å². The molecule has 0 radical (unpaired) electrons. The van der Waals surface area contributed by atoms with Gasteiger partial charge in [0.15, 0.2) is 0 Å². The van der Waals surface area contributed by atoms with E-state index in [4.69, 9.17) is 4.74 Å². The molecular weight excluding hydrogens is 457 g/mol. The van der Waals surface area contributed by atoms with Gasteiger partial charge in [0.05, 0.1) is 41.6 Å². The minimum Gasteiger partial charge on any atom is -0.378 e. The van der Waals surface area contributed by atoms with Crippen LogP contribution >= 0.6 is 11.8 Å². The topological polar surface area (TPSA) is 85.2 Å². The molecule has 174 valence electrons. The monoisotopic (exact) mass is 478 g/mol. The highest BCUT2D eigenvalue weighted by Gasteiger charge is 2.32. The number of aromatic nitrogens is 4. The van der Waals surface area contributed by atoms with Gasteiger partial charge < -0.3 is 15.0 Å². The molecule has 1 aliphatic rings. The van der Waals surface area contributed by atoms with Crippen molar-refractivity contribution in [2.45, 2.75) is 18.3 Å². The molecule has 0 saturated carbocycles. The SMILES string of the molecule is Cc1ccccc1-n1nnnc1SCC(=O)Nc1cc(C(F)(F)F)ccc1N1CCOCC1. The number of amides is 1. The Morgan fingerprint density at radius 1 is 1.15 bits per heavy atom. The Kier molecular flexibility index (Phi) is 6.84. The van der Waals surface area contributed by atoms with Crippen LogP contribution < -0.4 is 10.2 Å². The number of hydrogen-bond acceptors (Lipinski definition) is 7. The Morgan fingerprint density at radius 3 is 2.64 bits per heavy atom. The molecule has 1 saturated heterocycles. The maximum absolute atomic E-state index is 13.3. The van der Waals surface area contributed by atoms with Crippen LogP contribution in [0.2, 0.25) is 0 Å². The van der Waals surface area contributed by atoms with Gasteiger partial charge >= 0.3 is 6.18 Å². The third kappa shape index (κ3) is 5.45. The maximum atomic E-state index is 13.3. The van der Waals surface area contributed by atoms with E-state index in [2.05, 4.69) is 20.8 Å². The van der Waals surface area contributed by atoms with Crippen LogP contribution in [-0.2, 0) is 15.7 Å². The van der Waals surface area contributed by atoms with Crippen LogP contribution in [-0.4, -0.2) is 58.2 Å². The zero-order valence-electron chi connectivity index (χ0n) is 17.7. The van der Waals surface area contributed by atoms with Crippen LogP contribution in [0, 0.1) is 6.92 Å². The van der Waals surface area contributed by atoms with Crippen LogP contribution in [0.3, 0.4) is 0 Å². The normalized spacial score (nSPS) is 14.4. The average Bonchev–Trinajstić information content (AvgIpc) is 3.26. The molecule has 33 heavy (non-hydrogen) atoms. The number of halogens is 3. The highest BCUT2D eigenvalue weighted by molar-refractivity contribution is 7.99. The zero-order chi connectivity index (χ0) is 23.4. The number of rotatable bonds is 6. The first-order valence-corrected chi connectivity index (χ1v) is 11.1. The molecule has 1 N–H and O–H groups in total. The molecule has 8 nitrogen and oxygen atoms in total. The second-order valence-corrected chi connectivity index (χ2v) is 8.27. The van der Waals surface area contributed by atoms with E-state index in [9.17, 15) is 18.0 Å². The Balaban J connectivity index is 1.51. The van der Waals surface area contributed by atoms with Gasteiger partial charge in [-0.3, -0.25) is 4.79 Å². The maximum Gasteiger partial charge on any atom is 0.416 e. The Labute approximate surface area is 192 Å². The molecule has 0 spiro atoms. The lowest BCUT2D eigenvalue weighted by Gasteiger charge is -2.31. The van der Waals surface area contributed by atoms with Gasteiger partial charge in [-0.05, 0) is 47.2 Å². The lowest BCUT2D eigenvalue weighted by atomic mass is 10.1. The number of nitrogens with zero attached hydrogens (tertiary/aromatic N) is 5. The van der Waals surface area contributed by atoms with Crippen molar-refractivity contribution in [2.24, 2.45) is 0 Å². The van der Waals surface area contributed by atoms with Crippen molar-refractivity contribution in [3.63, 3.8) is 0 Å². The van der Waals surface area contributed by atoms with Crippen molar-refractivity contribution in [3.05, 3.63) is 53.6 Å². The van der Waals surface area contributed by atoms with Crippen LogP contribution in [0.5, 0.6) is 0 Å². The number of ether oxygens (including phenoxy) is 1. The summed E-state index contributed by atoms with van der Waals surface area (Å²) in [7, 11) is 0. The van der Waals surface area contributed by atoms with E-state index < -0.39 is 17.6 Å². The van der Waals surface area contributed by atoms with Gasteiger partial charge in [0, 0.05) is 13.1 Å². The minimum absolute atomic E-state index is 0.0783. The number of hydrogen-bond donors (Lipinski definition) is 1. The average molecular weight is 479 g/mol. The van der Waals surface area contributed by atoms with E-state index >= 15 is 0 Å². The van der Waals surface area contributed by atoms with Crippen molar-refractivity contribution in [1.82, 2.24) is 20.2 Å². The molecule has 3 aromatic rings. The molecule has 0 unspecified atom stereocenters. The number of morpholine rings is 1. The van der Waals surface area contributed by atoms with E-state index in [0.29, 0.717) is 37.1 Å². The lowest BCUT2D eigenvalue weighted by Crippen LogP contribution is -2.37. The number of thioether (sulfide) groups is 1. The van der Waals surface area contributed by atoms with Gasteiger partial charge in [-0.1, -0.05) is 30.0 Å². The van der Waals surface area contributed by atoms with Gasteiger partial charge in [0.2, 0.25) is 11.1 Å². The van der Waals surface area contributed by atoms with Gasteiger partial charge in [0.25, 0.3) is 0 Å². The first-order valence-electron chi connectivity index (χ1n) is 10.1. The molecule has 2 heterocycles. The number of nitrogens with one attached hydrogen (secondary N) is 1. The standard InChI is InChI=1S/C21H21F3N6O2S/c1-14-4-2-3-5-17(14)30-20(26-27-28-30)33-13-19(31)25-16-12-15(21(22,23)24)6-7-18(16)29-8-10-32-11-9-29/h2-7,12H,8-11,13H2,1H3,(H,25,31). The zero-order valence-corrected chi connectivity index (χ0v) is 18.5. The third-order valence-electron chi connectivity index (χ3n) is 5.07. The third-order valence-corrected chi connectivity index (χ3v) is 5.99. The smallest absolute Gasteiger partial charge is 0.378 e. The van der Waals surface area contributed by atoms with E-state index in [-0.39, 0.29) is 11.4 Å². The Morgan fingerprint density at radius 2 is 1.91 bits per heavy atom. The van der Waals surface area contributed by atoms with E-state index in [1.54, 1.807) is 0 Å². The summed E-state index contributed by atoms with van der Waals surface area (Å²) in [5, 5.41) is 14.7. The Bertz CT molecular complexity index is 1130. The van der Waals surface area contributed by atoms with Crippen molar-refractivity contribution in [2.75, 3.05) is 42.3 Å². The first kappa shape index (κ1) is 23.1. The summed E-state index contributed by atoms with van der Waals surface area (Å²) in [6, 6.07) is 10.9. The van der Waals surface area contributed by atoms with Crippen LogP contribution in [0.1, 0.15) is 11.1 Å². The van der Waals surface area contributed by atoms with Crippen molar-refractivity contribution in [3.8, 4) is 5.69 Å². The molecule has 4 rings (SSSR count). The molecule has 2 aromatic carbocycles. The molecular formula is C21H21F3N6O2S. The van der Waals surface area contributed by atoms with Gasteiger partial charge in [0.1, 0.15) is 0 Å². The summed E-state index contributed by atoms with van der Waals surface area (Å²) in [5.41, 5.74) is 1.53. The summed E-state index contributed by atoms with van der Waals surface area (Å²) in [5.74, 6) is -0.543. The van der Waals surface area contributed by atoms with E-state index in [0.717, 1.165) is 35.1 Å². The quantitative estimate of drug-likeness (QED) is 0.543. The molecule has 1 amide bonds. The van der Waals surface area contributed by atoms with E-state index in [1.165, 1.54) is 10.7 Å². The fraction of sp³-hybridized carbons (Fsp3) is 0.333. The summed E-state index contributed by atoms with van der Waals surface area (Å²) in [4.78, 5) is 14.6. The van der Waals surface area contributed by atoms with Crippen LogP contribution in [0.4, 0.5) is 24.5 Å². The van der Waals surface area contributed by atoms with Gasteiger partial charge in [-0.25, -0.2) is 0 Å². The highest BCUT2D eigenvalue weighted by atomic mass is 32.2. The number of aryl methyl sites for hydroxylation is 1. The molecule has 0 bridgehead atoms. The highest BCUT2D eigenvalue weighted by Crippen LogP contribution is 2.36. The summed E-state index contributed by atoms with van der Waals surface area (Å²) in [6.07, 6.45) is -4.52. The molecule has 1 aliphatic heterocycles. The molecule has 1 aromatic heterocycles. The first-order chi connectivity index (χ1) is 15.8. The number of carbonyl (C=O) groups is 1. The number of carbonyl (C=O) groups excluding carboxylic acids is 1. The second kappa shape index (κ2) is 9.79. The Hall–Kier alpha value is -3.12. The van der Waals surface area contributed by atoms with Crippen molar-refractivity contribution in [1.29, 1.82) is 0 Å². The minimum atomic E-state index is -4.52. The van der Waals surface area contributed by atoms with Crippen LogP contribution in [0.25, 0.3) is 5.69 Å². The number of para-hydroxylation sites is 1. The second-order valence-electron chi connectivity index (χ2n) is 7.33.